The van der Waals surface area contributed by atoms with E-state index in [1.807, 2.05) is 0 Å². The van der Waals surface area contributed by atoms with Crippen LogP contribution in [0.2, 0.25) is 0 Å². The summed E-state index contributed by atoms with van der Waals surface area (Å²) in [6.07, 6.45) is 0. The molecule has 0 rings (SSSR count). The van der Waals surface area contributed by atoms with E-state index in [1.54, 1.807) is 10.9 Å². The monoisotopic (exact) mass is 244 g/mol. The van der Waals surface area contributed by atoms with E-state index in [1.165, 1.54) is 0 Å². The normalized spacial score (nSPS) is 6.00. The Morgan fingerprint density at radius 1 is 1.00 bits per heavy atom. The van der Waals surface area contributed by atoms with Gasteiger partial charge in [-0.1, -0.05) is 0 Å². The van der Waals surface area contributed by atoms with Gasteiger partial charge in [-0.3, -0.25) is 0 Å². The second-order valence-electron chi connectivity index (χ2n) is 0.979. The van der Waals surface area contributed by atoms with E-state index in [-0.39, 0.29) is 29.7 Å². The van der Waals surface area contributed by atoms with Gasteiger partial charge in [-0.25, -0.2) is 0 Å². The molecule has 0 saturated carbocycles. The second kappa shape index (κ2) is 12.6. The van der Waals surface area contributed by atoms with Crippen molar-refractivity contribution < 1.29 is 19.5 Å². The summed E-state index contributed by atoms with van der Waals surface area (Å²) in [6.45, 7) is 0. The largest absolute Gasteiger partial charge is 2.00 e. The van der Waals surface area contributed by atoms with Gasteiger partial charge in [0.25, 0.3) is 0 Å². The van der Waals surface area contributed by atoms with Crippen molar-refractivity contribution >= 4 is 34.7 Å². The average Bonchev–Trinajstić information content (AvgIpc) is 1.89. The molecule has 0 aromatic rings. The van der Waals surface area contributed by atoms with Gasteiger partial charge in [0, 0.05) is 0 Å². The SMILES string of the molecule is [NH-]NC(N)=S.[NH-]NC(N)=S.[Zn+2]. The molecule has 0 amide bonds. The second-order valence-corrected chi connectivity index (χ2v) is 1.86. The molecule has 0 aliphatic carbocycles. The van der Waals surface area contributed by atoms with Gasteiger partial charge >= 0.3 is 19.5 Å². The minimum Gasteiger partial charge on any atom is -0.584 e. The fourth-order valence-corrected chi connectivity index (χ4v) is 0. The van der Waals surface area contributed by atoms with Crippen LogP contribution in [0, 0.1) is 0 Å². The third kappa shape index (κ3) is 40.5. The Labute approximate surface area is 88.1 Å². The van der Waals surface area contributed by atoms with Gasteiger partial charge in [0.2, 0.25) is 0 Å². The molecule has 0 bridgehead atoms. The Bertz CT molecular complexity index is 103. The first-order chi connectivity index (χ1) is 4.54. The maximum atomic E-state index is 6.14. The molecular formula is C2H8N6S2Zn. The van der Waals surface area contributed by atoms with Crippen LogP contribution in [0.15, 0.2) is 0 Å². The van der Waals surface area contributed by atoms with Crippen LogP contribution in [-0.2, 0) is 19.5 Å². The number of nitrogens with one attached hydrogen (secondary N) is 4. The van der Waals surface area contributed by atoms with Crippen LogP contribution in [0.25, 0.3) is 11.7 Å². The predicted molar refractivity (Wildman–Crippen MR) is 48.5 cm³/mol. The zero-order chi connectivity index (χ0) is 8.57. The summed E-state index contributed by atoms with van der Waals surface area (Å²) in [7, 11) is 0. The van der Waals surface area contributed by atoms with Gasteiger partial charge in [-0.05, 0) is 24.4 Å². The molecule has 9 heteroatoms. The minimum atomic E-state index is 0. The van der Waals surface area contributed by atoms with E-state index in [0.29, 0.717) is 0 Å². The van der Waals surface area contributed by atoms with E-state index in [9.17, 15) is 0 Å². The van der Waals surface area contributed by atoms with Crippen molar-refractivity contribution in [3.8, 4) is 0 Å². The number of rotatable bonds is 0. The summed E-state index contributed by atoms with van der Waals surface area (Å²) >= 11 is 8.35. The third-order valence-electron chi connectivity index (χ3n) is 0.246. The molecule has 0 heterocycles. The molecule has 0 saturated heterocycles. The Balaban J connectivity index is -0.000000107. The number of hydrogen-bond donors (Lipinski definition) is 4. The molecule has 0 aliphatic rings. The van der Waals surface area contributed by atoms with Gasteiger partial charge < -0.3 is 34.0 Å². The molecule has 60 valence electrons. The summed E-state index contributed by atoms with van der Waals surface area (Å²) in [5.74, 6) is 12.3. The molecule has 0 radical (unpaired) electrons. The van der Waals surface area contributed by atoms with E-state index < -0.39 is 0 Å². The molecule has 0 spiro atoms. The number of hydrogen-bond acceptors (Lipinski definition) is 2. The van der Waals surface area contributed by atoms with Crippen molar-refractivity contribution in [2.45, 2.75) is 0 Å². The summed E-state index contributed by atoms with van der Waals surface area (Å²) < 4.78 is 0. The van der Waals surface area contributed by atoms with Gasteiger partial charge in [0.15, 0.2) is 0 Å². The predicted octanol–water partition coefficient (Wildman–Crippen LogP) is -0.429. The molecule has 8 N–H and O–H groups in total. The van der Waals surface area contributed by atoms with Crippen LogP contribution in [0.4, 0.5) is 0 Å². The van der Waals surface area contributed by atoms with Crippen LogP contribution in [0.3, 0.4) is 0 Å². The van der Waals surface area contributed by atoms with Crippen molar-refractivity contribution in [1.82, 2.24) is 10.9 Å². The van der Waals surface area contributed by atoms with Gasteiger partial charge in [-0.2, -0.15) is 0 Å². The zero-order valence-corrected chi connectivity index (χ0v) is 10.3. The summed E-state index contributed by atoms with van der Waals surface area (Å²) in [6, 6.07) is 0. The Morgan fingerprint density at radius 2 is 1.09 bits per heavy atom. The van der Waals surface area contributed by atoms with Gasteiger partial charge in [0.05, 0.1) is 0 Å². The van der Waals surface area contributed by atoms with Crippen molar-refractivity contribution in [2.24, 2.45) is 11.5 Å². The Kier molecular flexibility index (Phi) is 19.6. The molecule has 0 atom stereocenters. The Hall–Kier alpha value is -0.0766. The standard InChI is InChI=1S/2CH4N3S.Zn/c2*2-1(5)4-3;/h2*3H,(H3,2,4,5);/q2*-1;+2. The van der Waals surface area contributed by atoms with Crippen LogP contribution >= 0.6 is 24.4 Å². The zero-order valence-electron chi connectivity index (χ0n) is 5.68. The molecule has 11 heavy (non-hydrogen) atoms. The van der Waals surface area contributed by atoms with Crippen LogP contribution in [0.5, 0.6) is 0 Å². The number of thiocarbonyl (C=S) groups is 2. The fourth-order valence-electron chi connectivity index (χ4n) is 0. The summed E-state index contributed by atoms with van der Waals surface area (Å²) in [5.41, 5.74) is 13.0. The average molecular weight is 246 g/mol. The molecule has 0 aromatic carbocycles. The Morgan fingerprint density at radius 3 is 1.09 bits per heavy atom. The molecule has 0 aromatic heterocycles. The third-order valence-corrected chi connectivity index (χ3v) is 0.451. The quantitative estimate of drug-likeness (QED) is 0.261. The summed E-state index contributed by atoms with van der Waals surface area (Å²) in [4.78, 5) is 0. The van der Waals surface area contributed by atoms with Gasteiger partial charge in [0.1, 0.15) is 10.2 Å². The molecule has 0 fully saturated rings. The van der Waals surface area contributed by atoms with E-state index in [0.717, 1.165) is 0 Å². The van der Waals surface area contributed by atoms with Crippen LogP contribution in [-0.4, -0.2) is 10.2 Å². The van der Waals surface area contributed by atoms with Crippen molar-refractivity contribution in [3.05, 3.63) is 11.7 Å². The van der Waals surface area contributed by atoms with E-state index in [2.05, 4.69) is 24.4 Å². The smallest absolute Gasteiger partial charge is 0.584 e. The summed E-state index contributed by atoms with van der Waals surface area (Å²) in [5, 5.41) is 0.00926. The van der Waals surface area contributed by atoms with Crippen molar-refractivity contribution in [2.75, 3.05) is 0 Å². The maximum Gasteiger partial charge on any atom is 2.00 e. The minimum absolute atomic E-state index is 0. The first-order valence-corrected chi connectivity index (χ1v) is 2.80. The first-order valence-electron chi connectivity index (χ1n) is 1.99. The van der Waals surface area contributed by atoms with E-state index in [4.69, 9.17) is 23.2 Å². The molecule has 0 aliphatic heterocycles. The van der Waals surface area contributed by atoms with Crippen molar-refractivity contribution in [3.63, 3.8) is 0 Å². The molecule has 0 unspecified atom stereocenters. The molecule has 6 nitrogen and oxygen atoms in total. The number of nitrogens with two attached hydrogens (primary N) is 2. The van der Waals surface area contributed by atoms with E-state index >= 15 is 0 Å². The fraction of sp³-hybridized carbons (Fsp3) is 0. The van der Waals surface area contributed by atoms with Crippen molar-refractivity contribution in [1.29, 1.82) is 0 Å². The topological polar surface area (TPSA) is 124 Å². The molecular weight excluding hydrogens is 238 g/mol. The van der Waals surface area contributed by atoms with Crippen LogP contribution in [0.1, 0.15) is 0 Å². The maximum absolute atomic E-state index is 6.14. The van der Waals surface area contributed by atoms with Crippen LogP contribution < -0.4 is 22.3 Å². The first kappa shape index (κ1) is 17.1. The van der Waals surface area contributed by atoms with Gasteiger partial charge in [-0.15, -0.1) is 0 Å².